The van der Waals surface area contributed by atoms with E-state index in [4.69, 9.17) is 4.74 Å². The Kier molecular flexibility index (Phi) is 4.04. The van der Waals surface area contributed by atoms with Gasteiger partial charge >= 0.3 is 0 Å². The van der Waals surface area contributed by atoms with E-state index in [0.29, 0.717) is 32.0 Å². The number of nitrogens with zero attached hydrogens (tertiary/aromatic N) is 4. The lowest BCUT2D eigenvalue weighted by atomic mass is 9.83. The van der Waals surface area contributed by atoms with Gasteiger partial charge in [0.25, 0.3) is 0 Å². The molecular weight excluding hydrogens is 340 g/mol. The molecule has 2 aromatic rings. The van der Waals surface area contributed by atoms with Gasteiger partial charge in [0, 0.05) is 56.6 Å². The second-order valence-corrected chi connectivity index (χ2v) is 9.47. The molecule has 4 heterocycles. The van der Waals surface area contributed by atoms with Gasteiger partial charge in [0.05, 0.1) is 18.6 Å². The molecule has 2 fully saturated rings. The van der Waals surface area contributed by atoms with Crippen molar-refractivity contribution in [3.05, 3.63) is 42.4 Å². The normalized spacial score (nSPS) is 24.3. The largest absolute Gasteiger partial charge is 0.477 e. The third-order valence-corrected chi connectivity index (χ3v) is 7.92. The van der Waals surface area contributed by atoms with Crippen molar-refractivity contribution in [2.75, 3.05) is 25.4 Å². The quantitative estimate of drug-likeness (QED) is 0.786. The zero-order chi connectivity index (χ0) is 17.5. The summed E-state index contributed by atoms with van der Waals surface area (Å²) in [6, 6.07) is 5.49. The molecule has 0 unspecified atom stereocenters. The molecule has 4 rings (SSSR count). The van der Waals surface area contributed by atoms with Gasteiger partial charge in [-0.05, 0) is 12.5 Å². The van der Waals surface area contributed by atoms with E-state index in [2.05, 4.69) is 15.0 Å². The highest BCUT2D eigenvalue weighted by atomic mass is 32.2. The average Bonchev–Trinajstić information content (AvgIpc) is 3.08. The lowest BCUT2D eigenvalue weighted by Crippen LogP contribution is -2.67. The molecule has 25 heavy (non-hydrogen) atoms. The summed E-state index contributed by atoms with van der Waals surface area (Å²) in [6.45, 7) is 2.27. The van der Waals surface area contributed by atoms with Crippen molar-refractivity contribution >= 4 is 9.84 Å². The molecule has 2 aromatic heterocycles. The number of hydrogen-bond donors (Lipinski definition) is 0. The van der Waals surface area contributed by atoms with Crippen molar-refractivity contribution in [1.82, 2.24) is 19.7 Å². The summed E-state index contributed by atoms with van der Waals surface area (Å²) in [4.78, 5) is 6.32. The summed E-state index contributed by atoms with van der Waals surface area (Å²) in [5, 5.41) is 4.17. The molecule has 0 amide bonds. The number of sulfone groups is 1. The Morgan fingerprint density at radius 2 is 2.20 bits per heavy atom. The first-order chi connectivity index (χ1) is 12.0. The number of hydrogen-bond acceptors (Lipinski definition) is 6. The van der Waals surface area contributed by atoms with Crippen LogP contribution in [0.3, 0.4) is 0 Å². The molecule has 134 valence electrons. The smallest absolute Gasteiger partial charge is 0.213 e. The highest BCUT2D eigenvalue weighted by Crippen LogP contribution is 2.45. The minimum absolute atomic E-state index is 0.0182. The minimum Gasteiger partial charge on any atom is -0.477 e. The van der Waals surface area contributed by atoms with Crippen LogP contribution < -0.4 is 4.74 Å². The summed E-state index contributed by atoms with van der Waals surface area (Å²) >= 11 is 0. The van der Waals surface area contributed by atoms with Crippen LogP contribution in [0.15, 0.2) is 36.8 Å². The Hall–Kier alpha value is -1.93. The molecule has 8 heteroatoms. The van der Waals surface area contributed by atoms with Gasteiger partial charge in [-0.1, -0.05) is 6.07 Å². The molecule has 0 N–H and O–H groups in total. The summed E-state index contributed by atoms with van der Waals surface area (Å²) in [6.07, 6.45) is 6.14. The Morgan fingerprint density at radius 1 is 1.36 bits per heavy atom. The maximum absolute atomic E-state index is 12.7. The van der Waals surface area contributed by atoms with E-state index in [9.17, 15) is 8.42 Å². The van der Waals surface area contributed by atoms with Gasteiger partial charge in [-0.25, -0.2) is 13.4 Å². The predicted octanol–water partition coefficient (Wildman–Crippen LogP) is 0.883. The van der Waals surface area contributed by atoms with Crippen molar-refractivity contribution in [1.29, 1.82) is 0 Å². The summed E-state index contributed by atoms with van der Waals surface area (Å²) < 4.78 is 32.2. The van der Waals surface area contributed by atoms with E-state index in [-0.39, 0.29) is 11.7 Å². The Morgan fingerprint density at radius 3 is 2.88 bits per heavy atom. The van der Waals surface area contributed by atoms with E-state index in [1.807, 2.05) is 31.6 Å². The Bertz CT molecular complexity index is 844. The average molecular weight is 362 g/mol. The van der Waals surface area contributed by atoms with Gasteiger partial charge in [0.1, 0.15) is 4.75 Å². The monoisotopic (exact) mass is 362 g/mol. The zero-order valence-corrected chi connectivity index (χ0v) is 15.0. The van der Waals surface area contributed by atoms with Crippen LogP contribution >= 0.6 is 0 Å². The van der Waals surface area contributed by atoms with Crippen LogP contribution in [0.4, 0.5) is 0 Å². The van der Waals surface area contributed by atoms with Crippen LogP contribution in [-0.2, 0) is 23.4 Å². The highest BCUT2D eigenvalue weighted by molar-refractivity contribution is 7.93. The third-order valence-electron chi connectivity index (χ3n) is 5.32. The van der Waals surface area contributed by atoms with Gasteiger partial charge in [-0.2, -0.15) is 5.10 Å². The number of rotatable bonds is 5. The first-order valence-corrected chi connectivity index (χ1v) is 10.1. The second kappa shape index (κ2) is 6.10. The van der Waals surface area contributed by atoms with E-state index in [1.54, 1.807) is 16.9 Å². The van der Waals surface area contributed by atoms with Gasteiger partial charge < -0.3 is 4.74 Å². The van der Waals surface area contributed by atoms with Gasteiger partial charge in [0.2, 0.25) is 5.88 Å². The molecule has 2 aliphatic rings. The van der Waals surface area contributed by atoms with Gasteiger partial charge in [-0.3, -0.25) is 9.58 Å². The molecule has 0 bridgehead atoms. The zero-order valence-electron chi connectivity index (χ0n) is 14.2. The number of likely N-dealkylation sites (tertiary alicyclic amines) is 1. The lowest BCUT2D eigenvalue weighted by molar-refractivity contribution is 0.0581. The number of aromatic nitrogens is 3. The Labute approximate surface area is 147 Å². The molecule has 0 radical (unpaired) electrons. The molecule has 2 saturated heterocycles. The molecule has 1 spiro atoms. The standard InChI is InChI=1S/C17H22N4O3S/c1-20-9-14(8-19-20)10-21-12-17(13-21)15(5-7-25(17,22)23)11-24-16-4-2-3-6-18-16/h2-4,6,8-9,15H,5,7,10-13H2,1H3/t15-/m1/s1. The fraction of sp³-hybridized carbons (Fsp3) is 0.529. The van der Waals surface area contributed by atoms with Crippen LogP contribution in [0.25, 0.3) is 0 Å². The molecule has 0 aromatic carbocycles. The number of pyridine rings is 1. The van der Waals surface area contributed by atoms with Gasteiger partial charge in [0.15, 0.2) is 9.84 Å². The molecule has 2 aliphatic heterocycles. The van der Waals surface area contributed by atoms with Crippen LogP contribution in [0, 0.1) is 5.92 Å². The van der Waals surface area contributed by atoms with Crippen LogP contribution in [0.2, 0.25) is 0 Å². The molecule has 0 aliphatic carbocycles. The van der Waals surface area contributed by atoms with Crippen molar-refractivity contribution in [3.63, 3.8) is 0 Å². The van der Waals surface area contributed by atoms with Crippen LogP contribution in [0.5, 0.6) is 5.88 Å². The lowest BCUT2D eigenvalue weighted by Gasteiger charge is -2.49. The fourth-order valence-electron chi connectivity index (χ4n) is 3.96. The predicted molar refractivity (Wildman–Crippen MR) is 92.8 cm³/mol. The number of aryl methyl sites for hydroxylation is 1. The van der Waals surface area contributed by atoms with Crippen molar-refractivity contribution < 1.29 is 13.2 Å². The first-order valence-electron chi connectivity index (χ1n) is 8.44. The second-order valence-electron chi connectivity index (χ2n) is 7.02. The maximum Gasteiger partial charge on any atom is 0.213 e. The van der Waals surface area contributed by atoms with Gasteiger partial charge in [-0.15, -0.1) is 0 Å². The fourth-order valence-corrected chi connectivity index (χ4v) is 6.41. The first kappa shape index (κ1) is 16.5. The van der Waals surface area contributed by atoms with E-state index in [0.717, 1.165) is 12.1 Å². The summed E-state index contributed by atoms with van der Waals surface area (Å²) in [5.41, 5.74) is 1.11. The van der Waals surface area contributed by atoms with Crippen LogP contribution in [-0.4, -0.2) is 58.3 Å². The van der Waals surface area contributed by atoms with Crippen molar-refractivity contribution in [2.45, 2.75) is 17.7 Å². The summed E-state index contributed by atoms with van der Waals surface area (Å²) in [7, 11) is -1.20. The highest BCUT2D eigenvalue weighted by Gasteiger charge is 2.61. The topological polar surface area (TPSA) is 77.3 Å². The van der Waals surface area contributed by atoms with E-state index in [1.165, 1.54) is 0 Å². The Balaban J connectivity index is 1.43. The SMILES string of the molecule is Cn1cc(CN2CC3(C2)[C@@H](COc2ccccn2)CCS3(=O)=O)cn1. The van der Waals surface area contributed by atoms with Crippen molar-refractivity contribution in [3.8, 4) is 5.88 Å². The minimum atomic E-state index is -3.09. The van der Waals surface area contributed by atoms with E-state index >= 15 is 0 Å². The molecular formula is C17H22N4O3S. The molecule has 0 saturated carbocycles. The van der Waals surface area contributed by atoms with E-state index < -0.39 is 14.6 Å². The van der Waals surface area contributed by atoms with Crippen LogP contribution in [0.1, 0.15) is 12.0 Å². The maximum atomic E-state index is 12.7. The summed E-state index contributed by atoms with van der Waals surface area (Å²) in [5.74, 6) is 0.822. The van der Waals surface area contributed by atoms with Crippen molar-refractivity contribution in [2.24, 2.45) is 13.0 Å². The third kappa shape index (κ3) is 2.93. The molecule has 7 nitrogen and oxygen atoms in total. The number of ether oxygens (including phenoxy) is 1. The molecule has 1 atom stereocenters.